The van der Waals surface area contributed by atoms with Crippen LogP contribution in [0.5, 0.6) is 0 Å². The molecule has 2 rings (SSSR count). The van der Waals surface area contributed by atoms with Crippen LogP contribution >= 0.6 is 0 Å². The summed E-state index contributed by atoms with van der Waals surface area (Å²) in [5, 5.41) is 12.4. The lowest BCUT2D eigenvalue weighted by Crippen LogP contribution is -2.33. The number of aryl methyl sites for hydroxylation is 1. The molecule has 0 aromatic carbocycles. The number of methoxy groups -OCH3 is 1. The van der Waals surface area contributed by atoms with Gasteiger partial charge in [0.15, 0.2) is 0 Å². The van der Waals surface area contributed by atoms with Gasteiger partial charge in [-0.2, -0.15) is 5.26 Å². The molecule has 1 aromatic rings. The molecule has 0 radical (unpaired) electrons. The normalized spacial score (nSPS) is 16.6. The Hall–Kier alpha value is -2.10. The standard InChI is InChI=1S/C22H34N4O2/c1-17-13-20(19(3)26(17)18(2)16-28-4)14-21(15-23)22(27)24-9-8-12-25-10-6-5-7-11-25/h13-14,18H,5-12,16H2,1-4H3,(H,24,27)/b21-14+. The fraction of sp³-hybridized carbons (Fsp3) is 0.636. The van der Waals surface area contributed by atoms with Gasteiger partial charge in [-0.3, -0.25) is 4.79 Å². The SMILES string of the molecule is COCC(C)n1c(C)cc(/C=C(\C#N)C(=O)NCCCN2CCCCC2)c1C. The van der Waals surface area contributed by atoms with E-state index in [-0.39, 0.29) is 17.5 Å². The summed E-state index contributed by atoms with van der Waals surface area (Å²) < 4.78 is 7.44. The van der Waals surface area contributed by atoms with Crippen molar-refractivity contribution in [1.29, 1.82) is 5.26 Å². The number of hydrogen-bond donors (Lipinski definition) is 1. The molecule has 0 bridgehead atoms. The van der Waals surface area contributed by atoms with Crippen molar-refractivity contribution >= 4 is 12.0 Å². The van der Waals surface area contributed by atoms with E-state index in [4.69, 9.17) is 4.74 Å². The molecule has 154 valence electrons. The van der Waals surface area contributed by atoms with Gasteiger partial charge >= 0.3 is 0 Å². The number of nitrogens with one attached hydrogen (secondary N) is 1. The molecule has 1 atom stereocenters. The van der Waals surface area contributed by atoms with E-state index in [0.717, 1.165) is 43.0 Å². The maximum absolute atomic E-state index is 12.4. The summed E-state index contributed by atoms with van der Waals surface area (Å²) in [4.78, 5) is 14.9. The van der Waals surface area contributed by atoms with Crippen molar-refractivity contribution < 1.29 is 9.53 Å². The summed E-state index contributed by atoms with van der Waals surface area (Å²) in [7, 11) is 1.69. The van der Waals surface area contributed by atoms with Crippen LogP contribution in [0.25, 0.3) is 6.08 Å². The number of likely N-dealkylation sites (tertiary alicyclic amines) is 1. The smallest absolute Gasteiger partial charge is 0.261 e. The highest BCUT2D eigenvalue weighted by Gasteiger charge is 2.16. The molecule has 1 unspecified atom stereocenters. The zero-order valence-corrected chi connectivity index (χ0v) is 17.8. The quantitative estimate of drug-likeness (QED) is 0.402. The first-order chi connectivity index (χ1) is 13.5. The number of piperidine rings is 1. The molecule has 6 nitrogen and oxygen atoms in total. The fourth-order valence-electron chi connectivity index (χ4n) is 4.03. The molecule has 0 spiro atoms. The van der Waals surface area contributed by atoms with Crippen molar-refractivity contribution in [2.24, 2.45) is 0 Å². The molecule has 1 aliphatic rings. The minimum Gasteiger partial charge on any atom is -0.383 e. The van der Waals surface area contributed by atoms with Gasteiger partial charge in [0.05, 0.1) is 12.6 Å². The van der Waals surface area contributed by atoms with Crippen LogP contribution < -0.4 is 5.32 Å². The second kappa shape index (κ2) is 11.0. The van der Waals surface area contributed by atoms with E-state index < -0.39 is 0 Å². The van der Waals surface area contributed by atoms with Gasteiger partial charge in [0, 0.05) is 25.0 Å². The molecule has 1 N–H and O–H groups in total. The number of carbonyl (C=O) groups is 1. The van der Waals surface area contributed by atoms with E-state index >= 15 is 0 Å². The summed E-state index contributed by atoms with van der Waals surface area (Å²) in [5.41, 5.74) is 3.18. The molecular weight excluding hydrogens is 352 g/mol. The average molecular weight is 387 g/mol. The first-order valence-electron chi connectivity index (χ1n) is 10.3. The zero-order valence-electron chi connectivity index (χ0n) is 17.8. The molecule has 1 aromatic heterocycles. The number of ether oxygens (including phenoxy) is 1. The predicted octanol–water partition coefficient (Wildman–Crippen LogP) is 3.21. The van der Waals surface area contributed by atoms with E-state index in [1.807, 2.05) is 19.9 Å². The molecule has 1 saturated heterocycles. The summed E-state index contributed by atoms with van der Waals surface area (Å²) in [6.45, 7) is 10.7. The highest BCUT2D eigenvalue weighted by atomic mass is 16.5. The average Bonchev–Trinajstić information content (AvgIpc) is 2.97. The van der Waals surface area contributed by atoms with Gasteiger partial charge in [-0.1, -0.05) is 6.42 Å². The second-order valence-electron chi connectivity index (χ2n) is 7.68. The largest absolute Gasteiger partial charge is 0.383 e. The van der Waals surface area contributed by atoms with Crippen LogP contribution in [0.2, 0.25) is 0 Å². The number of hydrogen-bond acceptors (Lipinski definition) is 4. The van der Waals surface area contributed by atoms with Crippen molar-refractivity contribution in [3.63, 3.8) is 0 Å². The van der Waals surface area contributed by atoms with Gasteiger partial charge in [0.1, 0.15) is 11.6 Å². The number of rotatable bonds is 9. The third-order valence-corrected chi connectivity index (χ3v) is 5.42. The maximum atomic E-state index is 12.4. The van der Waals surface area contributed by atoms with Gasteiger partial charge in [-0.15, -0.1) is 0 Å². The number of amides is 1. The van der Waals surface area contributed by atoms with Crippen LogP contribution in [0.3, 0.4) is 0 Å². The fourth-order valence-corrected chi connectivity index (χ4v) is 4.03. The van der Waals surface area contributed by atoms with E-state index in [1.54, 1.807) is 13.2 Å². The minimum absolute atomic E-state index is 0.151. The van der Waals surface area contributed by atoms with Gasteiger partial charge < -0.3 is 19.5 Å². The number of nitriles is 1. The topological polar surface area (TPSA) is 70.3 Å². The minimum atomic E-state index is -0.295. The summed E-state index contributed by atoms with van der Waals surface area (Å²) >= 11 is 0. The van der Waals surface area contributed by atoms with Crippen molar-refractivity contribution in [1.82, 2.24) is 14.8 Å². The first-order valence-corrected chi connectivity index (χ1v) is 10.3. The Bertz CT molecular complexity index is 724. The third-order valence-electron chi connectivity index (χ3n) is 5.42. The van der Waals surface area contributed by atoms with E-state index in [1.165, 1.54) is 19.3 Å². The van der Waals surface area contributed by atoms with Crippen molar-refractivity contribution in [3.8, 4) is 6.07 Å². The number of nitrogens with zero attached hydrogens (tertiary/aromatic N) is 3. The van der Waals surface area contributed by atoms with Crippen LogP contribution in [0.15, 0.2) is 11.6 Å². The zero-order chi connectivity index (χ0) is 20.5. The van der Waals surface area contributed by atoms with Crippen LogP contribution in [0, 0.1) is 25.2 Å². The molecule has 28 heavy (non-hydrogen) atoms. The van der Waals surface area contributed by atoms with Crippen LogP contribution in [0.4, 0.5) is 0 Å². The van der Waals surface area contributed by atoms with Gasteiger partial charge in [-0.25, -0.2) is 0 Å². The Morgan fingerprint density at radius 3 is 2.71 bits per heavy atom. The Morgan fingerprint density at radius 2 is 2.07 bits per heavy atom. The van der Waals surface area contributed by atoms with Crippen LogP contribution in [-0.2, 0) is 9.53 Å². The van der Waals surface area contributed by atoms with Crippen molar-refractivity contribution in [2.45, 2.75) is 52.5 Å². The second-order valence-corrected chi connectivity index (χ2v) is 7.68. The van der Waals surface area contributed by atoms with Crippen molar-refractivity contribution in [2.75, 3.05) is 39.9 Å². The monoisotopic (exact) mass is 386 g/mol. The lowest BCUT2D eigenvalue weighted by Gasteiger charge is -2.26. The highest BCUT2D eigenvalue weighted by Crippen LogP contribution is 2.22. The summed E-state index contributed by atoms with van der Waals surface area (Å²) in [6.07, 6.45) is 6.48. The maximum Gasteiger partial charge on any atom is 0.261 e. The molecule has 2 heterocycles. The van der Waals surface area contributed by atoms with Crippen LogP contribution in [0.1, 0.15) is 55.6 Å². The van der Waals surface area contributed by atoms with Gasteiger partial charge in [0.2, 0.25) is 0 Å². The number of carbonyl (C=O) groups excluding carboxylic acids is 1. The van der Waals surface area contributed by atoms with Crippen LogP contribution in [-0.4, -0.2) is 55.3 Å². The van der Waals surface area contributed by atoms with Gasteiger partial charge in [0.25, 0.3) is 5.91 Å². The van der Waals surface area contributed by atoms with Crippen molar-refractivity contribution in [3.05, 3.63) is 28.6 Å². The summed E-state index contributed by atoms with van der Waals surface area (Å²) in [5.74, 6) is -0.295. The lowest BCUT2D eigenvalue weighted by atomic mass is 10.1. The molecule has 0 aliphatic carbocycles. The Labute approximate surface area is 169 Å². The summed E-state index contributed by atoms with van der Waals surface area (Å²) in [6, 6.07) is 4.27. The Morgan fingerprint density at radius 1 is 1.36 bits per heavy atom. The Balaban J connectivity index is 1.96. The molecule has 1 amide bonds. The van der Waals surface area contributed by atoms with E-state index in [2.05, 4.69) is 27.8 Å². The van der Waals surface area contributed by atoms with E-state index in [9.17, 15) is 10.1 Å². The third kappa shape index (κ3) is 5.95. The lowest BCUT2D eigenvalue weighted by molar-refractivity contribution is -0.117. The molecule has 6 heteroatoms. The molecular formula is C22H34N4O2. The van der Waals surface area contributed by atoms with Gasteiger partial charge in [-0.05, 0) is 77.4 Å². The number of aromatic nitrogens is 1. The molecule has 1 aliphatic heterocycles. The predicted molar refractivity (Wildman–Crippen MR) is 112 cm³/mol. The molecule has 0 saturated carbocycles. The first kappa shape index (κ1) is 22.2. The molecule has 1 fully saturated rings. The highest BCUT2D eigenvalue weighted by molar-refractivity contribution is 6.01. The van der Waals surface area contributed by atoms with E-state index in [0.29, 0.717) is 13.2 Å². The Kier molecular flexibility index (Phi) is 8.75.